The average Bonchev–Trinajstić information content (AvgIpc) is 2.25. The maximum atomic E-state index is 3.55. The molecule has 1 N–H and O–H groups in total. The summed E-state index contributed by atoms with van der Waals surface area (Å²) in [4.78, 5) is 5.08. The molecular weight excluding hydrogens is 210 g/mol. The zero-order chi connectivity index (χ0) is 12.8. The molecule has 1 rings (SSSR count). The number of piperazine rings is 1. The molecule has 1 heterocycles. The smallest absolute Gasteiger partial charge is 0.0195 e. The van der Waals surface area contributed by atoms with Crippen LogP contribution in [0.2, 0.25) is 0 Å². The topological polar surface area (TPSA) is 18.5 Å². The number of hydrogen-bond acceptors (Lipinski definition) is 3. The summed E-state index contributed by atoms with van der Waals surface area (Å²) in [5.41, 5.74) is 0. The highest BCUT2D eigenvalue weighted by atomic mass is 15.3. The zero-order valence-corrected chi connectivity index (χ0v) is 12.4. The molecule has 0 saturated carbocycles. The molecule has 0 aliphatic carbocycles. The number of nitrogens with zero attached hydrogens (tertiary/aromatic N) is 2. The Morgan fingerprint density at radius 3 is 2.24 bits per heavy atom. The fraction of sp³-hybridized carbons (Fsp3) is 1.00. The summed E-state index contributed by atoms with van der Waals surface area (Å²) in [6, 6.07) is 1.38. The van der Waals surface area contributed by atoms with Crippen molar-refractivity contribution >= 4 is 0 Å². The van der Waals surface area contributed by atoms with Crippen LogP contribution in [0.25, 0.3) is 0 Å². The van der Waals surface area contributed by atoms with E-state index in [9.17, 15) is 0 Å². The molecule has 1 fully saturated rings. The average molecular weight is 241 g/mol. The Kier molecular flexibility index (Phi) is 6.45. The Bertz CT molecular complexity index is 194. The van der Waals surface area contributed by atoms with E-state index in [4.69, 9.17) is 0 Å². The van der Waals surface area contributed by atoms with Crippen molar-refractivity contribution in [3.63, 3.8) is 0 Å². The quantitative estimate of drug-likeness (QED) is 0.713. The summed E-state index contributed by atoms with van der Waals surface area (Å²) >= 11 is 0. The molecule has 0 aromatic heterocycles. The summed E-state index contributed by atoms with van der Waals surface area (Å²) < 4.78 is 0. The molecule has 2 atom stereocenters. The molecule has 0 amide bonds. The van der Waals surface area contributed by atoms with Crippen LogP contribution < -0.4 is 5.32 Å². The van der Waals surface area contributed by atoms with Gasteiger partial charge < -0.3 is 5.32 Å². The van der Waals surface area contributed by atoms with Crippen molar-refractivity contribution in [3.8, 4) is 0 Å². The lowest BCUT2D eigenvalue weighted by Gasteiger charge is -2.42. The predicted octanol–water partition coefficient (Wildman–Crippen LogP) is 1.65. The molecule has 17 heavy (non-hydrogen) atoms. The second kappa shape index (κ2) is 7.34. The molecule has 3 nitrogen and oxygen atoms in total. The molecule has 1 saturated heterocycles. The van der Waals surface area contributed by atoms with Crippen molar-refractivity contribution in [2.24, 2.45) is 5.92 Å². The predicted molar refractivity (Wildman–Crippen MR) is 75.5 cm³/mol. The molecule has 0 aromatic rings. The van der Waals surface area contributed by atoms with Gasteiger partial charge >= 0.3 is 0 Å². The van der Waals surface area contributed by atoms with E-state index >= 15 is 0 Å². The van der Waals surface area contributed by atoms with Crippen LogP contribution >= 0.6 is 0 Å². The molecule has 0 spiro atoms. The van der Waals surface area contributed by atoms with Gasteiger partial charge in [-0.25, -0.2) is 0 Å². The number of rotatable bonds is 6. The van der Waals surface area contributed by atoms with Crippen molar-refractivity contribution in [1.29, 1.82) is 0 Å². The first-order chi connectivity index (χ1) is 8.00. The van der Waals surface area contributed by atoms with E-state index in [2.05, 4.69) is 49.9 Å². The normalized spacial score (nSPS) is 27.9. The highest BCUT2D eigenvalue weighted by Crippen LogP contribution is 2.12. The van der Waals surface area contributed by atoms with Crippen LogP contribution in [-0.4, -0.2) is 61.7 Å². The minimum absolute atomic E-state index is 0.689. The minimum Gasteiger partial charge on any atom is -0.315 e. The van der Waals surface area contributed by atoms with Gasteiger partial charge in [-0.15, -0.1) is 0 Å². The Labute approximate surface area is 108 Å². The first-order valence-corrected chi connectivity index (χ1v) is 7.15. The third kappa shape index (κ3) is 5.36. The highest BCUT2D eigenvalue weighted by Gasteiger charge is 2.25. The van der Waals surface area contributed by atoms with Gasteiger partial charge in [0.05, 0.1) is 0 Å². The first-order valence-electron chi connectivity index (χ1n) is 7.15. The van der Waals surface area contributed by atoms with Gasteiger partial charge in [-0.1, -0.05) is 13.8 Å². The van der Waals surface area contributed by atoms with Gasteiger partial charge in [-0.2, -0.15) is 0 Å². The largest absolute Gasteiger partial charge is 0.315 e. The van der Waals surface area contributed by atoms with E-state index in [0.717, 1.165) is 19.0 Å². The Morgan fingerprint density at radius 2 is 1.71 bits per heavy atom. The lowest BCUT2D eigenvalue weighted by molar-refractivity contribution is 0.0608. The SMILES string of the molecule is CC(C)CCNCCN1CC(C)N(C)C(C)C1. The van der Waals surface area contributed by atoms with E-state index in [1.165, 1.54) is 26.1 Å². The van der Waals surface area contributed by atoms with E-state index in [1.54, 1.807) is 0 Å². The zero-order valence-electron chi connectivity index (χ0n) is 12.4. The van der Waals surface area contributed by atoms with Gasteiger partial charge in [0.1, 0.15) is 0 Å². The van der Waals surface area contributed by atoms with Crippen LogP contribution in [0.4, 0.5) is 0 Å². The minimum atomic E-state index is 0.689. The summed E-state index contributed by atoms with van der Waals surface area (Å²) in [5, 5.41) is 3.55. The Balaban J connectivity index is 2.11. The number of hydrogen-bond donors (Lipinski definition) is 1. The van der Waals surface area contributed by atoms with Crippen molar-refractivity contribution in [2.75, 3.05) is 39.8 Å². The van der Waals surface area contributed by atoms with Crippen LogP contribution in [0, 0.1) is 5.92 Å². The third-order valence-corrected chi connectivity index (χ3v) is 3.94. The van der Waals surface area contributed by atoms with Crippen molar-refractivity contribution in [2.45, 2.75) is 46.2 Å². The fourth-order valence-electron chi connectivity index (χ4n) is 2.45. The summed E-state index contributed by atoms with van der Waals surface area (Å²) in [6.07, 6.45) is 1.29. The Hall–Kier alpha value is -0.120. The second-order valence-corrected chi connectivity index (χ2v) is 6.06. The molecular formula is C14H31N3. The number of likely N-dealkylation sites (N-methyl/N-ethyl adjacent to an activating group) is 1. The molecule has 102 valence electrons. The lowest BCUT2D eigenvalue weighted by Crippen LogP contribution is -2.55. The summed E-state index contributed by atoms with van der Waals surface area (Å²) in [5.74, 6) is 0.811. The Morgan fingerprint density at radius 1 is 1.12 bits per heavy atom. The van der Waals surface area contributed by atoms with Gasteiger partial charge in [0.2, 0.25) is 0 Å². The summed E-state index contributed by atoms with van der Waals surface area (Å²) in [6.45, 7) is 15.1. The lowest BCUT2D eigenvalue weighted by atomic mass is 10.1. The van der Waals surface area contributed by atoms with Gasteiger partial charge in [0.25, 0.3) is 0 Å². The molecule has 1 aliphatic rings. The molecule has 2 unspecified atom stereocenters. The molecule has 3 heteroatoms. The van der Waals surface area contributed by atoms with Crippen molar-refractivity contribution in [1.82, 2.24) is 15.1 Å². The van der Waals surface area contributed by atoms with E-state index in [-0.39, 0.29) is 0 Å². The van der Waals surface area contributed by atoms with Gasteiger partial charge in [-0.05, 0) is 39.8 Å². The highest BCUT2D eigenvalue weighted by molar-refractivity contribution is 4.82. The standard InChI is InChI=1S/C14H31N3/c1-12(2)6-7-15-8-9-17-10-13(3)16(5)14(4)11-17/h12-15H,6-11H2,1-5H3. The van der Waals surface area contributed by atoms with Gasteiger partial charge in [0.15, 0.2) is 0 Å². The van der Waals surface area contributed by atoms with Crippen LogP contribution in [0.1, 0.15) is 34.1 Å². The molecule has 1 aliphatic heterocycles. The van der Waals surface area contributed by atoms with Crippen LogP contribution in [0.15, 0.2) is 0 Å². The van der Waals surface area contributed by atoms with E-state index in [0.29, 0.717) is 12.1 Å². The van der Waals surface area contributed by atoms with Gasteiger partial charge in [-0.3, -0.25) is 9.80 Å². The maximum Gasteiger partial charge on any atom is 0.0195 e. The van der Waals surface area contributed by atoms with Gasteiger partial charge in [0, 0.05) is 38.3 Å². The first kappa shape index (κ1) is 14.9. The fourth-order valence-corrected chi connectivity index (χ4v) is 2.45. The van der Waals surface area contributed by atoms with Crippen molar-refractivity contribution in [3.05, 3.63) is 0 Å². The summed E-state index contributed by atoms with van der Waals surface area (Å²) in [7, 11) is 2.24. The molecule has 0 radical (unpaired) electrons. The monoisotopic (exact) mass is 241 g/mol. The molecule has 0 aromatic carbocycles. The van der Waals surface area contributed by atoms with Crippen LogP contribution in [0.5, 0.6) is 0 Å². The van der Waals surface area contributed by atoms with Crippen molar-refractivity contribution < 1.29 is 0 Å². The van der Waals surface area contributed by atoms with E-state index < -0.39 is 0 Å². The second-order valence-electron chi connectivity index (χ2n) is 6.06. The van der Waals surface area contributed by atoms with Crippen LogP contribution in [-0.2, 0) is 0 Å². The third-order valence-electron chi connectivity index (χ3n) is 3.94. The number of nitrogens with one attached hydrogen (secondary N) is 1. The van der Waals surface area contributed by atoms with E-state index in [1.807, 2.05) is 0 Å². The maximum absolute atomic E-state index is 3.55. The molecule has 0 bridgehead atoms. The van der Waals surface area contributed by atoms with Crippen LogP contribution in [0.3, 0.4) is 0 Å².